The van der Waals surface area contributed by atoms with Gasteiger partial charge in [-0.25, -0.2) is 12.7 Å². The number of hydrogen-bond donors (Lipinski definition) is 0. The third-order valence-electron chi connectivity index (χ3n) is 4.69. The van der Waals surface area contributed by atoms with E-state index in [4.69, 9.17) is 9.47 Å². The number of sulfonamides is 1. The first kappa shape index (κ1) is 16.3. The third-order valence-corrected chi connectivity index (χ3v) is 6.57. The van der Waals surface area contributed by atoms with E-state index in [1.165, 1.54) is 4.31 Å². The van der Waals surface area contributed by atoms with Crippen LogP contribution in [-0.4, -0.2) is 50.1 Å². The second-order valence-electron chi connectivity index (χ2n) is 6.05. The van der Waals surface area contributed by atoms with Crippen LogP contribution in [0.3, 0.4) is 0 Å². The smallest absolute Gasteiger partial charge is 0.213 e. The van der Waals surface area contributed by atoms with Gasteiger partial charge in [-0.15, -0.1) is 0 Å². The molecule has 1 aromatic carbocycles. The van der Waals surface area contributed by atoms with Gasteiger partial charge in [-0.2, -0.15) is 0 Å². The van der Waals surface area contributed by atoms with Gasteiger partial charge in [0.1, 0.15) is 17.1 Å². The summed E-state index contributed by atoms with van der Waals surface area (Å²) < 4.78 is 36.8. The number of nitrogens with zero attached hydrogens (tertiary/aromatic N) is 1. The Bertz CT molecular complexity index is 720. The second-order valence-corrected chi connectivity index (χ2v) is 8.30. The maximum absolute atomic E-state index is 12.4. The predicted octanol–water partition coefficient (Wildman–Crippen LogP) is 1.84. The fraction of sp³-hybridized carbons (Fsp3) is 0.562. The SMILES string of the molecule is CCS(=O)(=O)N1CCC2(CC1)CC(=O)c1ccc(OC)cc1O2. The zero-order valence-electron chi connectivity index (χ0n) is 13.4. The number of fused-ring (bicyclic) bond motifs is 1. The van der Waals surface area contributed by atoms with E-state index >= 15 is 0 Å². The van der Waals surface area contributed by atoms with Crippen molar-refractivity contribution in [2.75, 3.05) is 26.0 Å². The summed E-state index contributed by atoms with van der Waals surface area (Å²) in [5.41, 5.74) is -0.0315. The maximum atomic E-state index is 12.4. The van der Waals surface area contributed by atoms with Gasteiger partial charge in [-0.1, -0.05) is 0 Å². The highest BCUT2D eigenvalue weighted by Crippen LogP contribution is 2.41. The highest BCUT2D eigenvalue weighted by atomic mass is 32.2. The Kier molecular flexibility index (Phi) is 4.10. The number of piperidine rings is 1. The van der Waals surface area contributed by atoms with Gasteiger partial charge in [0.2, 0.25) is 10.0 Å². The molecule has 1 spiro atoms. The molecular weight excluding hydrogens is 318 g/mol. The Balaban J connectivity index is 1.82. The molecule has 0 amide bonds. The average molecular weight is 339 g/mol. The lowest BCUT2D eigenvalue weighted by Gasteiger charge is -2.43. The highest BCUT2D eigenvalue weighted by Gasteiger charge is 2.44. The summed E-state index contributed by atoms with van der Waals surface area (Å²) >= 11 is 0. The number of benzene rings is 1. The van der Waals surface area contributed by atoms with E-state index in [0.29, 0.717) is 49.4 Å². The summed E-state index contributed by atoms with van der Waals surface area (Å²) in [4.78, 5) is 12.4. The molecule has 2 aliphatic rings. The Morgan fingerprint density at radius 2 is 2.00 bits per heavy atom. The van der Waals surface area contributed by atoms with Gasteiger partial charge in [0.15, 0.2) is 5.78 Å². The number of hydrogen-bond acceptors (Lipinski definition) is 5. The van der Waals surface area contributed by atoms with Crippen LogP contribution in [0.15, 0.2) is 18.2 Å². The summed E-state index contributed by atoms with van der Waals surface area (Å²) in [5.74, 6) is 1.31. The summed E-state index contributed by atoms with van der Waals surface area (Å²) in [6, 6.07) is 5.19. The molecule has 0 saturated carbocycles. The standard InChI is InChI=1S/C16H21NO5S/c1-3-23(19,20)17-8-6-16(7-9-17)11-14(18)13-5-4-12(21-2)10-15(13)22-16/h4-5,10H,3,6-9,11H2,1-2H3. The van der Waals surface area contributed by atoms with E-state index in [0.717, 1.165) is 0 Å². The van der Waals surface area contributed by atoms with Crippen LogP contribution in [0.2, 0.25) is 0 Å². The van der Waals surface area contributed by atoms with Crippen molar-refractivity contribution in [1.82, 2.24) is 4.31 Å². The molecule has 6 nitrogen and oxygen atoms in total. The molecule has 3 rings (SSSR count). The van der Waals surface area contributed by atoms with Crippen molar-refractivity contribution < 1.29 is 22.7 Å². The number of carbonyl (C=O) groups excluding carboxylic acids is 1. The molecule has 23 heavy (non-hydrogen) atoms. The number of carbonyl (C=O) groups is 1. The van der Waals surface area contributed by atoms with Gasteiger partial charge < -0.3 is 9.47 Å². The Morgan fingerprint density at radius 1 is 1.30 bits per heavy atom. The molecule has 0 unspecified atom stereocenters. The average Bonchev–Trinajstić information content (AvgIpc) is 2.54. The van der Waals surface area contributed by atoms with Crippen molar-refractivity contribution in [2.45, 2.75) is 31.8 Å². The quantitative estimate of drug-likeness (QED) is 0.840. The van der Waals surface area contributed by atoms with Crippen molar-refractivity contribution in [2.24, 2.45) is 0 Å². The highest BCUT2D eigenvalue weighted by molar-refractivity contribution is 7.89. The fourth-order valence-corrected chi connectivity index (χ4v) is 4.34. The van der Waals surface area contributed by atoms with E-state index in [1.807, 2.05) is 0 Å². The van der Waals surface area contributed by atoms with Crippen LogP contribution < -0.4 is 9.47 Å². The molecule has 7 heteroatoms. The van der Waals surface area contributed by atoms with Crippen LogP contribution in [0.25, 0.3) is 0 Å². The van der Waals surface area contributed by atoms with Crippen molar-refractivity contribution in [3.63, 3.8) is 0 Å². The lowest BCUT2D eigenvalue weighted by molar-refractivity contribution is 0.00580. The van der Waals surface area contributed by atoms with Crippen LogP contribution in [-0.2, 0) is 10.0 Å². The molecule has 0 atom stereocenters. The van der Waals surface area contributed by atoms with Gasteiger partial charge >= 0.3 is 0 Å². The molecule has 0 bridgehead atoms. The zero-order chi connectivity index (χ0) is 16.7. The number of methoxy groups -OCH3 is 1. The number of Topliss-reactive ketones (excluding diaryl/α,β-unsaturated/α-hetero) is 1. The minimum absolute atomic E-state index is 0.0423. The normalized spacial score (nSPS) is 20.9. The van der Waals surface area contributed by atoms with Gasteiger partial charge in [-0.05, 0) is 19.1 Å². The van der Waals surface area contributed by atoms with E-state index in [2.05, 4.69) is 0 Å². The molecule has 126 valence electrons. The molecule has 0 radical (unpaired) electrons. The minimum atomic E-state index is -3.19. The Hall–Kier alpha value is -1.60. The third kappa shape index (κ3) is 2.95. The maximum Gasteiger partial charge on any atom is 0.213 e. The van der Waals surface area contributed by atoms with Crippen LogP contribution in [0.4, 0.5) is 0 Å². The largest absolute Gasteiger partial charge is 0.497 e. The summed E-state index contributed by atoms with van der Waals surface area (Å²) in [6.45, 7) is 2.42. The summed E-state index contributed by atoms with van der Waals surface area (Å²) in [6.07, 6.45) is 1.34. The van der Waals surface area contributed by atoms with Crippen LogP contribution >= 0.6 is 0 Å². The molecule has 0 aliphatic carbocycles. The lowest BCUT2D eigenvalue weighted by Crippen LogP contribution is -2.52. The molecule has 2 heterocycles. The minimum Gasteiger partial charge on any atom is -0.497 e. The summed E-state index contributed by atoms with van der Waals surface area (Å²) in [7, 11) is -1.62. The molecule has 2 aliphatic heterocycles. The molecule has 1 aromatic rings. The van der Waals surface area contributed by atoms with Gasteiger partial charge in [0, 0.05) is 32.0 Å². The topological polar surface area (TPSA) is 72.9 Å². The molecule has 1 fully saturated rings. The van der Waals surface area contributed by atoms with Gasteiger partial charge in [0.25, 0.3) is 0 Å². The van der Waals surface area contributed by atoms with E-state index in [9.17, 15) is 13.2 Å². The first-order valence-corrected chi connectivity index (χ1v) is 9.38. The van der Waals surface area contributed by atoms with E-state index < -0.39 is 15.6 Å². The van der Waals surface area contributed by atoms with Gasteiger partial charge in [0.05, 0.1) is 24.8 Å². The van der Waals surface area contributed by atoms with Crippen LogP contribution in [0.1, 0.15) is 36.5 Å². The first-order valence-electron chi connectivity index (χ1n) is 7.77. The summed E-state index contributed by atoms with van der Waals surface area (Å²) in [5, 5.41) is 0. The number of rotatable bonds is 3. The van der Waals surface area contributed by atoms with Crippen molar-refractivity contribution in [3.05, 3.63) is 23.8 Å². The Morgan fingerprint density at radius 3 is 2.61 bits per heavy atom. The van der Waals surface area contributed by atoms with Crippen LogP contribution in [0, 0.1) is 0 Å². The molecule has 0 N–H and O–H groups in total. The second kappa shape index (κ2) is 5.79. The predicted molar refractivity (Wildman–Crippen MR) is 85.6 cm³/mol. The Labute approximate surface area is 136 Å². The molecule has 1 saturated heterocycles. The van der Waals surface area contributed by atoms with Crippen molar-refractivity contribution in [3.8, 4) is 11.5 Å². The molecule has 0 aromatic heterocycles. The number of ketones is 1. The van der Waals surface area contributed by atoms with Gasteiger partial charge in [-0.3, -0.25) is 4.79 Å². The van der Waals surface area contributed by atoms with Crippen molar-refractivity contribution >= 4 is 15.8 Å². The lowest BCUT2D eigenvalue weighted by atomic mass is 9.83. The molecular formula is C16H21NO5S. The van der Waals surface area contributed by atoms with Crippen molar-refractivity contribution in [1.29, 1.82) is 0 Å². The number of ether oxygens (including phenoxy) is 2. The van der Waals surface area contributed by atoms with Crippen LogP contribution in [0.5, 0.6) is 11.5 Å². The van der Waals surface area contributed by atoms with E-state index in [1.54, 1.807) is 32.2 Å². The fourth-order valence-electron chi connectivity index (χ4n) is 3.23. The van der Waals surface area contributed by atoms with E-state index in [-0.39, 0.29) is 11.5 Å². The monoisotopic (exact) mass is 339 g/mol. The zero-order valence-corrected chi connectivity index (χ0v) is 14.2. The first-order chi connectivity index (χ1) is 10.9.